The van der Waals surface area contributed by atoms with Crippen molar-refractivity contribution >= 4 is 11.6 Å². The van der Waals surface area contributed by atoms with Crippen LogP contribution in [0.4, 0.5) is 0 Å². The summed E-state index contributed by atoms with van der Waals surface area (Å²) in [7, 11) is 2.21. The van der Waals surface area contributed by atoms with Crippen molar-refractivity contribution in [2.24, 2.45) is 5.92 Å². The van der Waals surface area contributed by atoms with E-state index < -0.39 is 0 Å². The number of piperidine rings is 1. The molecule has 2 aliphatic heterocycles. The van der Waals surface area contributed by atoms with Crippen LogP contribution in [0.25, 0.3) is 0 Å². The average molecular weight is 493 g/mol. The quantitative estimate of drug-likeness (QED) is 0.686. The summed E-state index contributed by atoms with van der Waals surface area (Å²) in [5.41, 5.74) is 1.34. The van der Waals surface area contributed by atoms with Gasteiger partial charge in [0.2, 0.25) is 0 Å². The van der Waals surface area contributed by atoms with Gasteiger partial charge in [0.15, 0.2) is 0 Å². The molecule has 2 heterocycles. The van der Waals surface area contributed by atoms with Crippen molar-refractivity contribution in [3.05, 3.63) is 34.9 Å². The van der Waals surface area contributed by atoms with Crippen molar-refractivity contribution in [2.45, 2.75) is 37.3 Å². The van der Waals surface area contributed by atoms with Crippen LogP contribution in [0, 0.1) is 50.0 Å². The average Bonchev–Trinajstić information content (AvgIpc) is 2.63. The van der Waals surface area contributed by atoms with E-state index in [2.05, 4.69) is 24.1 Å². The molecule has 4 atom stereocenters. The smallest absolute Gasteiger partial charge is 0.0480 e. The summed E-state index contributed by atoms with van der Waals surface area (Å²) in [6, 6.07) is 9.42. The number of hydrogen-bond acceptors (Lipinski definition) is 2. The third-order valence-corrected chi connectivity index (χ3v) is 5.19. The van der Waals surface area contributed by atoms with Crippen molar-refractivity contribution < 1.29 is 49.2 Å². The minimum Gasteiger partial charge on any atom is -0.396 e. The first-order valence-electron chi connectivity index (χ1n) is 6.79. The van der Waals surface area contributed by atoms with Gasteiger partial charge in [0.05, 0.1) is 0 Å². The SMILES string of the molecule is CN1C2CCC1[C@@H](CO)[C@@H](c1ccc(Cl)cc1)C2.[Ac]. The molecule has 0 saturated carbocycles. The molecule has 2 aliphatic rings. The van der Waals surface area contributed by atoms with E-state index in [1.165, 1.54) is 24.8 Å². The van der Waals surface area contributed by atoms with Gasteiger partial charge in [-0.1, -0.05) is 23.7 Å². The van der Waals surface area contributed by atoms with Crippen molar-refractivity contribution in [2.75, 3.05) is 13.7 Å². The Morgan fingerprint density at radius 1 is 1.26 bits per heavy atom. The summed E-state index contributed by atoms with van der Waals surface area (Å²) in [4.78, 5) is 2.48. The van der Waals surface area contributed by atoms with Gasteiger partial charge in [-0.05, 0) is 49.9 Å². The van der Waals surface area contributed by atoms with E-state index in [1.54, 1.807) is 0 Å². The number of aliphatic hydroxyl groups is 1. The second-order valence-corrected chi connectivity index (χ2v) is 6.14. The monoisotopic (exact) mass is 492 g/mol. The molecule has 0 aromatic heterocycles. The predicted molar refractivity (Wildman–Crippen MR) is 74.0 cm³/mol. The van der Waals surface area contributed by atoms with Crippen molar-refractivity contribution in [1.82, 2.24) is 4.90 Å². The standard InChI is InChI=1S/C15H20ClNO.Ac/c1-17-12-6-7-15(17)14(9-18)13(8-12)10-2-4-11(16)5-3-10;/h2-5,12-15,18H,6-9H2,1H3;/t12?,13-,14+,15?;/m1./s1. The molecule has 2 saturated heterocycles. The Bertz CT molecular complexity index is 425. The number of aliphatic hydroxyl groups excluding tert-OH is 1. The second kappa shape index (κ2) is 6.75. The molecule has 2 fully saturated rings. The van der Waals surface area contributed by atoms with E-state index in [1.807, 2.05) is 12.1 Å². The van der Waals surface area contributed by atoms with Gasteiger partial charge in [0, 0.05) is 73.7 Å². The Hall–Kier alpha value is 0.872. The molecule has 2 bridgehead atoms. The fourth-order valence-electron chi connectivity index (χ4n) is 3.92. The third-order valence-electron chi connectivity index (χ3n) is 4.94. The van der Waals surface area contributed by atoms with Gasteiger partial charge in [0.1, 0.15) is 0 Å². The number of benzene rings is 1. The first-order chi connectivity index (χ1) is 8.70. The van der Waals surface area contributed by atoms with Gasteiger partial charge < -0.3 is 10.0 Å². The molecular formula is C15H20AcClNO. The molecule has 101 valence electrons. The summed E-state index contributed by atoms with van der Waals surface area (Å²) in [5, 5.41) is 10.5. The molecule has 1 aromatic rings. The Morgan fingerprint density at radius 3 is 2.58 bits per heavy atom. The largest absolute Gasteiger partial charge is 0.396 e. The Morgan fingerprint density at radius 2 is 1.95 bits per heavy atom. The number of rotatable bonds is 2. The van der Waals surface area contributed by atoms with Crippen LogP contribution in [0.3, 0.4) is 0 Å². The van der Waals surface area contributed by atoms with E-state index in [4.69, 9.17) is 11.6 Å². The van der Waals surface area contributed by atoms with Crippen LogP contribution in [-0.2, 0) is 0 Å². The second-order valence-electron chi connectivity index (χ2n) is 5.70. The fraction of sp³-hybridized carbons (Fsp3) is 0.600. The van der Waals surface area contributed by atoms with Crippen molar-refractivity contribution in [3.63, 3.8) is 0 Å². The van der Waals surface area contributed by atoms with Crippen LogP contribution in [0.2, 0.25) is 5.02 Å². The van der Waals surface area contributed by atoms with Crippen LogP contribution in [-0.4, -0.2) is 35.7 Å². The first-order valence-corrected chi connectivity index (χ1v) is 7.16. The van der Waals surface area contributed by atoms with Crippen molar-refractivity contribution in [3.8, 4) is 0 Å². The maximum absolute atomic E-state index is 9.76. The van der Waals surface area contributed by atoms with Gasteiger partial charge in [-0.2, -0.15) is 0 Å². The zero-order valence-corrected chi connectivity index (χ0v) is 16.8. The van der Waals surface area contributed by atoms with E-state index in [0.717, 1.165) is 5.02 Å². The molecule has 0 spiro atoms. The van der Waals surface area contributed by atoms with Gasteiger partial charge in [0.25, 0.3) is 0 Å². The minimum absolute atomic E-state index is 0. The molecule has 4 heteroatoms. The third kappa shape index (κ3) is 3.06. The van der Waals surface area contributed by atoms with Crippen LogP contribution in [0.1, 0.15) is 30.7 Å². The number of hydrogen-bond donors (Lipinski definition) is 1. The van der Waals surface area contributed by atoms with Crippen LogP contribution in [0.5, 0.6) is 0 Å². The van der Waals surface area contributed by atoms with E-state index in [9.17, 15) is 5.11 Å². The first kappa shape index (κ1) is 16.2. The minimum atomic E-state index is 0. The van der Waals surface area contributed by atoms with Crippen LogP contribution < -0.4 is 0 Å². The zero-order chi connectivity index (χ0) is 12.7. The van der Waals surface area contributed by atoms with Gasteiger partial charge in [-0.3, -0.25) is 0 Å². The van der Waals surface area contributed by atoms with E-state index >= 15 is 0 Å². The predicted octanol–water partition coefficient (Wildman–Crippen LogP) is 2.90. The van der Waals surface area contributed by atoms with Gasteiger partial charge in [-0.15, -0.1) is 0 Å². The molecule has 1 N–H and O–H groups in total. The molecule has 1 radical (unpaired) electrons. The topological polar surface area (TPSA) is 23.5 Å². The normalized spacial score (nSPS) is 34.1. The summed E-state index contributed by atoms with van der Waals surface area (Å²) < 4.78 is 0. The molecule has 3 rings (SSSR count). The summed E-state index contributed by atoms with van der Waals surface area (Å²) in [6.07, 6.45) is 3.68. The van der Waals surface area contributed by atoms with Gasteiger partial charge in [-0.25, -0.2) is 0 Å². The Kier molecular flexibility index (Phi) is 5.78. The molecule has 2 unspecified atom stereocenters. The molecular weight excluding hydrogens is 473 g/mol. The molecule has 0 amide bonds. The number of nitrogens with zero attached hydrogens (tertiary/aromatic N) is 1. The molecule has 0 aliphatic carbocycles. The molecule has 1 aromatic carbocycles. The summed E-state index contributed by atoms with van der Waals surface area (Å²) >= 11 is 5.96. The van der Waals surface area contributed by atoms with Gasteiger partial charge >= 0.3 is 0 Å². The summed E-state index contributed by atoms with van der Waals surface area (Å²) in [5.74, 6) is 0.857. The van der Waals surface area contributed by atoms with Crippen LogP contribution in [0.15, 0.2) is 24.3 Å². The molecule has 19 heavy (non-hydrogen) atoms. The fourth-order valence-corrected chi connectivity index (χ4v) is 4.05. The summed E-state index contributed by atoms with van der Waals surface area (Å²) in [6.45, 7) is 0.287. The Balaban J connectivity index is 0.00000133. The van der Waals surface area contributed by atoms with E-state index in [0.29, 0.717) is 23.9 Å². The maximum Gasteiger partial charge on any atom is 0.0480 e. The Labute approximate surface area is 156 Å². The van der Waals surface area contributed by atoms with E-state index in [-0.39, 0.29) is 50.7 Å². The zero-order valence-electron chi connectivity index (χ0n) is 11.3. The molecule has 2 nitrogen and oxygen atoms in total. The van der Waals surface area contributed by atoms with Crippen molar-refractivity contribution in [1.29, 1.82) is 0 Å². The van der Waals surface area contributed by atoms with Crippen LogP contribution >= 0.6 is 11.6 Å². The number of halogens is 1. The maximum atomic E-state index is 9.76. The number of fused-ring (bicyclic) bond motifs is 2.